The normalized spacial score (nSPS) is 11.3. The Labute approximate surface area is 147 Å². The van der Waals surface area contributed by atoms with E-state index in [1.54, 1.807) is 24.3 Å². The van der Waals surface area contributed by atoms with E-state index >= 15 is 0 Å². The summed E-state index contributed by atoms with van der Waals surface area (Å²) in [5.41, 5.74) is 2.49. The van der Waals surface area contributed by atoms with Crippen molar-refractivity contribution in [1.82, 2.24) is 4.72 Å². The van der Waals surface area contributed by atoms with Crippen LogP contribution in [0.5, 0.6) is 0 Å². The Balaban J connectivity index is 1.94. The molecular weight excluding hydrogens is 348 g/mol. The predicted molar refractivity (Wildman–Crippen MR) is 95.8 cm³/mol. The number of benzene rings is 2. The summed E-state index contributed by atoms with van der Waals surface area (Å²) in [7, 11) is -2.07. The fourth-order valence-electron chi connectivity index (χ4n) is 2.15. The number of carbonyl (C=O) groups is 1. The second kappa shape index (κ2) is 7.79. The summed E-state index contributed by atoms with van der Waals surface area (Å²) in [6.45, 7) is 1.93. The van der Waals surface area contributed by atoms with E-state index in [1.165, 1.54) is 19.2 Å². The van der Waals surface area contributed by atoms with Gasteiger partial charge in [0, 0.05) is 6.42 Å². The Morgan fingerprint density at radius 1 is 1.12 bits per heavy atom. The first kappa shape index (κ1) is 18.4. The Bertz CT molecular complexity index is 833. The number of halogens is 1. The third-order valence-corrected chi connectivity index (χ3v) is 5.28. The average molecular weight is 367 g/mol. The minimum Gasteiger partial charge on any atom is -0.325 e. The number of hydrogen-bond donors (Lipinski definition) is 2. The molecule has 2 rings (SSSR count). The Kier molecular flexibility index (Phi) is 5.99. The molecule has 1 amide bonds. The minimum atomic E-state index is -3.44. The molecule has 0 aromatic heterocycles. The van der Waals surface area contributed by atoms with Gasteiger partial charge >= 0.3 is 0 Å². The summed E-state index contributed by atoms with van der Waals surface area (Å²) in [6.07, 6.45) is 0.789. The number of anilines is 1. The van der Waals surface area contributed by atoms with E-state index in [0.29, 0.717) is 17.1 Å². The van der Waals surface area contributed by atoms with Gasteiger partial charge in [0.05, 0.1) is 15.6 Å². The van der Waals surface area contributed by atoms with Crippen LogP contribution in [0.1, 0.15) is 17.5 Å². The monoisotopic (exact) mass is 366 g/mol. The van der Waals surface area contributed by atoms with Gasteiger partial charge in [-0.05, 0) is 55.8 Å². The number of nitrogens with one attached hydrogen (secondary N) is 2. The molecule has 0 saturated carbocycles. The van der Waals surface area contributed by atoms with Crippen LogP contribution in [0.2, 0.25) is 5.02 Å². The van der Waals surface area contributed by atoms with E-state index in [4.69, 9.17) is 11.6 Å². The largest absolute Gasteiger partial charge is 0.325 e. The first-order valence-electron chi connectivity index (χ1n) is 7.40. The fourth-order valence-corrected chi connectivity index (χ4v) is 3.16. The second-order valence-corrected chi connectivity index (χ2v) is 7.68. The number of sulfonamides is 1. The molecule has 0 atom stereocenters. The molecule has 0 bridgehead atoms. The predicted octanol–water partition coefficient (Wildman–Crippen LogP) is 3.13. The Hall–Kier alpha value is -1.89. The van der Waals surface area contributed by atoms with E-state index in [9.17, 15) is 13.2 Å². The van der Waals surface area contributed by atoms with Crippen molar-refractivity contribution < 1.29 is 13.2 Å². The molecular formula is C17H19ClN2O3S. The molecule has 7 heteroatoms. The van der Waals surface area contributed by atoms with Crippen LogP contribution in [0.15, 0.2) is 47.4 Å². The van der Waals surface area contributed by atoms with Crippen LogP contribution in [-0.4, -0.2) is 21.4 Å². The molecule has 0 heterocycles. The van der Waals surface area contributed by atoms with Gasteiger partial charge in [0.25, 0.3) is 0 Å². The molecule has 0 fully saturated rings. The lowest BCUT2D eigenvalue weighted by Crippen LogP contribution is -2.18. The third kappa shape index (κ3) is 4.80. The van der Waals surface area contributed by atoms with Crippen molar-refractivity contribution in [3.8, 4) is 0 Å². The minimum absolute atomic E-state index is 0.146. The molecule has 2 aromatic rings. The van der Waals surface area contributed by atoms with Crippen LogP contribution in [-0.2, 0) is 21.2 Å². The van der Waals surface area contributed by atoms with Crippen molar-refractivity contribution in [2.45, 2.75) is 24.7 Å². The Morgan fingerprint density at radius 2 is 1.79 bits per heavy atom. The maximum absolute atomic E-state index is 12.0. The van der Waals surface area contributed by atoms with Crippen LogP contribution in [0.25, 0.3) is 0 Å². The smallest absolute Gasteiger partial charge is 0.240 e. The van der Waals surface area contributed by atoms with Gasteiger partial charge < -0.3 is 5.32 Å². The molecule has 0 saturated heterocycles. The molecule has 0 aliphatic heterocycles. The second-order valence-electron chi connectivity index (χ2n) is 5.38. The lowest BCUT2D eigenvalue weighted by atomic mass is 10.1. The topological polar surface area (TPSA) is 75.3 Å². The molecule has 5 nitrogen and oxygen atoms in total. The summed E-state index contributed by atoms with van der Waals surface area (Å²) >= 11 is 6.09. The van der Waals surface area contributed by atoms with Gasteiger partial charge in [-0.1, -0.05) is 29.8 Å². The van der Waals surface area contributed by atoms with E-state index in [0.717, 1.165) is 11.1 Å². The lowest BCUT2D eigenvalue weighted by molar-refractivity contribution is -0.116. The van der Waals surface area contributed by atoms with Gasteiger partial charge in [0.15, 0.2) is 0 Å². The van der Waals surface area contributed by atoms with Gasteiger partial charge in [-0.3, -0.25) is 4.79 Å². The summed E-state index contributed by atoms with van der Waals surface area (Å²) < 4.78 is 25.6. The Morgan fingerprint density at radius 3 is 2.38 bits per heavy atom. The maximum Gasteiger partial charge on any atom is 0.240 e. The molecule has 2 N–H and O–H groups in total. The van der Waals surface area contributed by atoms with Crippen LogP contribution < -0.4 is 10.0 Å². The third-order valence-electron chi connectivity index (χ3n) is 3.54. The van der Waals surface area contributed by atoms with E-state index in [1.807, 2.05) is 13.0 Å². The lowest BCUT2D eigenvalue weighted by Gasteiger charge is -2.08. The van der Waals surface area contributed by atoms with Crippen molar-refractivity contribution in [2.75, 3.05) is 12.4 Å². The number of amides is 1. The quantitative estimate of drug-likeness (QED) is 0.824. The van der Waals surface area contributed by atoms with Gasteiger partial charge in [-0.15, -0.1) is 0 Å². The SMILES string of the molecule is CNS(=O)(=O)c1ccc(CCC(=O)Nc2ccc(C)cc2Cl)cc1. The number of aryl methyl sites for hydroxylation is 2. The molecule has 0 spiro atoms. The van der Waals surface area contributed by atoms with Crippen molar-refractivity contribution in [2.24, 2.45) is 0 Å². The van der Waals surface area contributed by atoms with Crippen LogP contribution in [0, 0.1) is 6.92 Å². The van der Waals surface area contributed by atoms with Crippen LogP contribution in [0.3, 0.4) is 0 Å². The highest BCUT2D eigenvalue weighted by atomic mass is 35.5. The summed E-state index contributed by atoms with van der Waals surface area (Å²) in [4.78, 5) is 12.2. The van der Waals surface area contributed by atoms with Gasteiger partial charge in [0.2, 0.25) is 15.9 Å². The van der Waals surface area contributed by atoms with Crippen molar-refractivity contribution in [3.63, 3.8) is 0 Å². The van der Waals surface area contributed by atoms with Crippen LogP contribution >= 0.6 is 11.6 Å². The molecule has 0 radical (unpaired) electrons. The van der Waals surface area contributed by atoms with E-state index < -0.39 is 10.0 Å². The van der Waals surface area contributed by atoms with Crippen molar-refractivity contribution in [3.05, 3.63) is 58.6 Å². The molecule has 0 unspecified atom stereocenters. The van der Waals surface area contributed by atoms with Gasteiger partial charge in [-0.2, -0.15) is 0 Å². The van der Waals surface area contributed by atoms with Gasteiger partial charge in [-0.25, -0.2) is 13.1 Å². The van der Waals surface area contributed by atoms with Crippen molar-refractivity contribution >= 4 is 33.2 Å². The molecule has 0 aliphatic carbocycles. The zero-order valence-electron chi connectivity index (χ0n) is 13.5. The maximum atomic E-state index is 12.0. The zero-order valence-corrected chi connectivity index (χ0v) is 15.0. The summed E-state index contributed by atoms with van der Waals surface area (Å²) in [5.74, 6) is -0.146. The molecule has 24 heavy (non-hydrogen) atoms. The number of rotatable bonds is 6. The van der Waals surface area contributed by atoms with Crippen molar-refractivity contribution in [1.29, 1.82) is 0 Å². The number of hydrogen-bond acceptors (Lipinski definition) is 3. The molecule has 128 valence electrons. The first-order chi connectivity index (χ1) is 11.3. The number of carbonyl (C=O) groups excluding carboxylic acids is 1. The van der Waals surface area contributed by atoms with Gasteiger partial charge in [0.1, 0.15) is 0 Å². The fraction of sp³-hybridized carbons (Fsp3) is 0.235. The first-order valence-corrected chi connectivity index (χ1v) is 9.26. The highest BCUT2D eigenvalue weighted by Crippen LogP contribution is 2.23. The zero-order chi connectivity index (χ0) is 17.7. The summed E-state index contributed by atoms with van der Waals surface area (Å²) in [6, 6.07) is 11.9. The van der Waals surface area contributed by atoms with E-state index in [2.05, 4.69) is 10.0 Å². The molecule has 0 aliphatic rings. The average Bonchev–Trinajstić information content (AvgIpc) is 2.56. The highest BCUT2D eigenvalue weighted by Gasteiger charge is 2.11. The standard InChI is InChI=1S/C17H19ClN2O3S/c1-12-3-9-16(15(18)11-12)20-17(21)10-6-13-4-7-14(8-5-13)24(22,23)19-2/h3-5,7-9,11,19H,6,10H2,1-2H3,(H,20,21). The summed E-state index contributed by atoms with van der Waals surface area (Å²) in [5, 5.41) is 3.28. The van der Waals surface area contributed by atoms with Crippen LogP contribution in [0.4, 0.5) is 5.69 Å². The molecule has 2 aromatic carbocycles. The van der Waals surface area contributed by atoms with E-state index in [-0.39, 0.29) is 17.2 Å². The highest BCUT2D eigenvalue weighted by molar-refractivity contribution is 7.89.